The van der Waals surface area contributed by atoms with Crippen molar-refractivity contribution in [3.05, 3.63) is 0 Å². The minimum absolute atomic E-state index is 0.00429. The van der Waals surface area contributed by atoms with Crippen LogP contribution in [0.15, 0.2) is 0 Å². The number of hydrogen-bond acceptors (Lipinski definition) is 6. The van der Waals surface area contributed by atoms with Crippen molar-refractivity contribution in [2.24, 2.45) is 0 Å². The van der Waals surface area contributed by atoms with E-state index in [4.69, 9.17) is 18.9 Å². The van der Waals surface area contributed by atoms with Crippen LogP contribution in [0.25, 0.3) is 0 Å². The van der Waals surface area contributed by atoms with Crippen LogP contribution < -0.4 is 0 Å². The molecule has 0 aliphatic carbocycles. The van der Waals surface area contributed by atoms with Gasteiger partial charge in [-0.3, -0.25) is 9.59 Å². The highest BCUT2D eigenvalue weighted by Gasteiger charge is 2.15. The standard InChI is InChI=1S/C41H80O6/c1-6-10-14-22-30-38(28-12-8-3)46-40(42)32-24-18-16-20-26-34-44-36-37(5)45-35-27-21-17-19-25-33-41(43)47-39(29-13-9-4)31-23-15-11-7-2/h37-39H,6-36H2,1-5H3. The summed E-state index contributed by atoms with van der Waals surface area (Å²) in [6.07, 6.45) is 30.6. The Kier molecular flexibility index (Phi) is 35.3. The minimum atomic E-state index is -0.00444. The molecule has 0 aromatic carbocycles. The van der Waals surface area contributed by atoms with Crippen LogP contribution in [0.4, 0.5) is 0 Å². The van der Waals surface area contributed by atoms with Gasteiger partial charge in [-0.15, -0.1) is 0 Å². The molecule has 0 aliphatic heterocycles. The Morgan fingerprint density at radius 1 is 0.447 bits per heavy atom. The Hall–Kier alpha value is -1.14. The first kappa shape index (κ1) is 45.9. The van der Waals surface area contributed by atoms with Gasteiger partial charge in [-0.1, -0.05) is 130 Å². The van der Waals surface area contributed by atoms with Crippen LogP contribution in [0.1, 0.15) is 214 Å². The largest absolute Gasteiger partial charge is 0.462 e. The van der Waals surface area contributed by atoms with Gasteiger partial charge in [-0.2, -0.15) is 0 Å². The van der Waals surface area contributed by atoms with E-state index in [0.717, 1.165) is 129 Å². The SMILES string of the molecule is CCCCCCC(CCCC)OC(=O)CCCCCCCOCC(C)OCCCCCCCC(=O)OC(CCCC)CCCCCC. The molecule has 0 rings (SSSR count). The molecule has 0 aromatic rings. The Labute approximate surface area is 292 Å². The highest BCUT2D eigenvalue weighted by atomic mass is 16.5. The molecule has 6 heteroatoms. The third kappa shape index (κ3) is 33.1. The summed E-state index contributed by atoms with van der Waals surface area (Å²) >= 11 is 0. The first-order valence-corrected chi connectivity index (χ1v) is 20.5. The molecule has 0 bridgehead atoms. The number of carbonyl (C=O) groups is 2. The van der Waals surface area contributed by atoms with Crippen molar-refractivity contribution in [2.75, 3.05) is 19.8 Å². The predicted octanol–water partition coefficient (Wildman–Crippen LogP) is 12.2. The van der Waals surface area contributed by atoms with Crippen LogP contribution in [-0.2, 0) is 28.5 Å². The summed E-state index contributed by atoms with van der Waals surface area (Å²) in [6, 6.07) is 0. The van der Waals surface area contributed by atoms with Gasteiger partial charge in [0.15, 0.2) is 0 Å². The lowest BCUT2D eigenvalue weighted by Crippen LogP contribution is -2.18. The van der Waals surface area contributed by atoms with Gasteiger partial charge in [0.2, 0.25) is 0 Å². The van der Waals surface area contributed by atoms with Gasteiger partial charge in [0.25, 0.3) is 0 Å². The third-order valence-electron chi connectivity index (χ3n) is 9.06. The molecule has 0 saturated heterocycles. The lowest BCUT2D eigenvalue weighted by atomic mass is 10.0. The highest BCUT2D eigenvalue weighted by molar-refractivity contribution is 5.69. The fraction of sp³-hybridized carbons (Fsp3) is 0.951. The molecule has 0 radical (unpaired) electrons. The van der Waals surface area contributed by atoms with E-state index in [2.05, 4.69) is 34.6 Å². The van der Waals surface area contributed by atoms with Crippen LogP contribution in [0, 0.1) is 0 Å². The summed E-state index contributed by atoms with van der Waals surface area (Å²) in [4.78, 5) is 24.7. The van der Waals surface area contributed by atoms with Gasteiger partial charge < -0.3 is 18.9 Å². The second kappa shape index (κ2) is 36.1. The molecule has 0 spiro atoms. The van der Waals surface area contributed by atoms with E-state index in [1.165, 1.54) is 51.4 Å². The van der Waals surface area contributed by atoms with E-state index in [1.54, 1.807) is 0 Å². The summed E-state index contributed by atoms with van der Waals surface area (Å²) in [7, 11) is 0. The maximum absolute atomic E-state index is 12.3. The third-order valence-corrected chi connectivity index (χ3v) is 9.06. The average Bonchev–Trinajstić information content (AvgIpc) is 3.06. The van der Waals surface area contributed by atoms with Crippen molar-refractivity contribution >= 4 is 11.9 Å². The Morgan fingerprint density at radius 2 is 0.830 bits per heavy atom. The molecule has 0 heterocycles. The number of rotatable bonds is 37. The molecule has 0 saturated carbocycles. The molecular formula is C41H80O6. The van der Waals surface area contributed by atoms with Crippen molar-refractivity contribution in [1.29, 1.82) is 0 Å². The lowest BCUT2D eigenvalue weighted by molar-refractivity contribution is -0.151. The van der Waals surface area contributed by atoms with Gasteiger partial charge in [-0.05, 0) is 71.1 Å². The Balaban J connectivity index is 3.67. The second-order valence-corrected chi connectivity index (χ2v) is 14.0. The van der Waals surface area contributed by atoms with Crippen LogP contribution in [-0.4, -0.2) is 50.1 Å². The van der Waals surface area contributed by atoms with Crippen molar-refractivity contribution in [2.45, 2.75) is 233 Å². The van der Waals surface area contributed by atoms with Crippen LogP contribution in [0.3, 0.4) is 0 Å². The molecule has 0 fully saturated rings. The Morgan fingerprint density at radius 3 is 1.30 bits per heavy atom. The van der Waals surface area contributed by atoms with Gasteiger partial charge in [0, 0.05) is 26.1 Å². The number of esters is 2. The molecule has 47 heavy (non-hydrogen) atoms. The van der Waals surface area contributed by atoms with Gasteiger partial charge in [-0.25, -0.2) is 0 Å². The maximum Gasteiger partial charge on any atom is 0.306 e. The van der Waals surface area contributed by atoms with E-state index in [-0.39, 0.29) is 30.3 Å². The monoisotopic (exact) mass is 669 g/mol. The normalized spacial score (nSPS) is 13.4. The number of unbranched alkanes of at least 4 members (excludes halogenated alkanes) is 16. The summed E-state index contributed by atoms with van der Waals surface area (Å²) in [5, 5.41) is 0. The molecule has 3 unspecified atom stereocenters. The lowest BCUT2D eigenvalue weighted by Gasteiger charge is -2.18. The van der Waals surface area contributed by atoms with E-state index >= 15 is 0 Å². The minimum Gasteiger partial charge on any atom is -0.462 e. The van der Waals surface area contributed by atoms with Gasteiger partial charge in [0.05, 0.1) is 12.7 Å². The fourth-order valence-corrected chi connectivity index (χ4v) is 5.96. The smallest absolute Gasteiger partial charge is 0.306 e. The molecule has 0 aromatic heterocycles. The molecule has 280 valence electrons. The quantitative estimate of drug-likeness (QED) is 0.0484. The molecule has 6 nitrogen and oxygen atoms in total. The first-order valence-electron chi connectivity index (χ1n) is 20.5. The van der Waals surface area contributed by atoms with E-state index in [9.17, 15) is 9.59 Å². The zero-order valence-corrected chi connectivity index (χ0v) is 32.1. The van der Waals surface area contributed by atoms with Crippen LogP contribution in [0.2, 0.25) is 0 Å². The van der Waals surface area contributed by atoms with Crippen LogP contribution in [0.5, 0.6) is 0 Å². The molecule has 0 aliphatic rings. The fourth-order valence-electron chi connectivity index (χ4n) is 5.96. The second-order valence-electron chi connectivity index (χ2n) is 14.0. The number of carbonyl (C=O) groups excluding carboxylic acids is 2. The molecule has 0 amide bonds. The summed E-state index contributed by atoms with van der Waals surface area (Å²) < 4.78 is 23.4. The van der Waals surface area contributed by atoms with Crippen molar-refractivity contribution in [3.8, 4) is 0 Å². The summed E-state index contributed by atoms with van der Waals surface area (Å²) in [5.74, 6) is -0.00872. The maximum atomic E-state index is 12.3. The summed E-state index contributed by atoms with van der Waals surface area (Å²) in [5.41, 5.74) is 0. The number of ether oxygens (including phenoxy) is 4. The summed E-state index contributed by atoms with van der Waals surface area (Å²) in [6.45, 7) is 13.1. The van der Waals surface area contributed by atoms with Crippen LogP contribution >= 0.6 is 0 Å². The van der Waals surface area contributed by atoms with E-state index in [1.807, 2.05) is 0 Å². The van der Waals surface area contributed by atoms with E-state index in [0.29, 0.717) is 19.4 Å². The zero-order valence-electron chi connectivity index (χ0n) is 32.1. The van der Waals surface area contributed by atoms with Crippen molar-refractivity contribution < 1.29 is 28.5 Å². The van der Waals surface area contributed by atoms with Gasteiger partial charge >= 0.3 is 11.9 Å². The number of hydrogen-bond donors (Lipinski definition) is 0. The van der Waals surface area contributed by atoms with Gasteiger partial charge in [0.1, 0.15) is 12.2 Å². The first-order chi connectivity index (χ1) is 23.0. The Bertz CT molecular complexity index is 668. The predicted molar refractivity (Wildman–Crippen MR) is 198 cm³/mol. The molecule has 3 atom stereocenters. The van der Waals surface area contributed by atoms with Crippen molar-refractivity contribution in [1.82, 2.24) is 0 Å². The molecule has 0 N–H and O–H groups in total. The van der Waals surface area contributed by atoms with E-state index < -0.39 is 0 Å². The topological polar surface area (TPSA) is 71.1 Å². The highest BCUT2D eigenvalue weighted by Crippen LogP contribution is 2.18. The average molecular weight is 669 g/mol. The van der Waals surface area contributed by atoms with Crippen molar-refractivity contribution in [3.63, 3.8) is 0 Å². The molecular weight excluding hydrogens is 588 g/mol. The zero-order chi connectivity index (χ0) is 34.6.